The molecule has 0 spiro atoms. The highest BCUT2D eigenvalue weighted by Gasteiger charge is 2.48. The first-order valence-corrected chi connectivity index (χ1v) is 6.94. The second-order valence-electron chi connectivity index (χ2n) is 5.40. The number of halogens is 4. The molecule has 0 aliphatic rings. The number of nitrogens with one attached hydrogen (secondary N) is 1. The minimum absolute atomic E-state index is 0.110. The zero-order valence-electron chi connectivity index (χ0n) is 12.3. The van der Waals surface area contributed by atoms with Gasteiger partial charge in [0.2, 0.25) is 0 Å². The van der Waals surface area contributed by atoms with Crippen molar-refractivity contribution in [2.24, 2.45) is 0 Å². The first-order chi connectivity index (χ1) is 10.6. The van der Waals surface area contributed by atoms with Gasteiger partial charge in [0.15, 0.2) is 0 Å². The standard InChI is InChI=1S/C15H13ClF3N3O/c1-14(2,15(17,18)19)22-13(23)12-4-3-9(7-21-12)10-5-11(16)8-20-6-10/h3-8H,1-2H3,(H,22,23). The molecule has 0 fully saturated rings. The van der Waals surface area contributed by atoms with Crippen molar-refractivity contribution < 1.29 is 18.0 Å². The third kappa shape index (κ3) is 3.98. The van der Waals surface area contributed by atoms with Crippen LogP contribution >= 0.6 is 11.6 Å². The van der Waals surface area contributed by atoms with Gasteiger partial charge in [0.05, 0.1) is 5.02 Å². The zero-order valence-corrected chi connectivity index (χ0v) is 13.0. The molecular weight excluding hydrogens is 331 g/mol. The van der Waals surface area contributed by atoms with Crippen molar-refractivity contribution in [1.29, 1.82) is 0 Å². The number of alkyl halides is 3. The van der Waals surface area contributed by atoms with E-state index in [4.69, 9.17) is 11.6 Å². The maximum absolute atomic E-state index is 12.8. The summed E-state index contributed by atoms with van der Waals surface area (Å²) in [6, 6.07) is 4.58. The van der Waals surface area contributed by atoms with Crippen LogP contribution in [-0.4, -0.2) is 27.6 Å². The summed E-state index contributed by atoms with van der Waals surface area (Å²) >= 11 is 5.84. The first-order valence-electron chi connectivity index (χ1n) is 6.56. The maximum atomic E-state index is 12.8. The number of pyridine rings is 2. The number of carbonyl (C=O) groups excluding carboxylic acids is 1. The Morgan fingerprint density at radius 2 is 1.83 bits per heavy atom. The quantitative estimate of drug-likeness (QED) is 0.920. The smallest absolute Gasteiger partial charge is 0.337 e. The van der Waals surface area contributed by atoms with Gasteiger partial charge in [-0.1, -0.05) is 17.7 Å². The average Bonchev–Trinajstić information content (AvgIpc) is 2.46. The van der Waals surface area contributed by atoms with Crippen LogP contribution < -0.4 is 5.32 Å². The molecule has 0 saturated carbocycles. The fraction of sp³-hybridized carbons (Fsp3) is 0.267. The van der Waals surface area contributed by atoms with Crippen LogP contribution in [0.1, 0.15) is 24.3 Å². The molecular formula is C15H13ClF3N3O. The predicted molar refractivity (Wildman–Crippen MR) is 80.1 cm³/mol. The lowest BCUT2D eigenvalue weighted by molar-refractivity contribution is -0.182. The Morgan fingerprint density at radius 1 is 1.13 bits per heavy atom. The van der Waals surface area contributed by atoms with Crippen molar-refractivity contribution in [2.45, 2.75) is 25.6 Å². The number of carbonyl (C=O) groups is 1. The Labute approximate surface area is 135 Å². The molecule has 0 aliphatic heterocycles. The van der Waals surface area contributed by atoms with E-state index in [-0.39, 0.29) is 5.69 Å². The Balaban J connectivity index is 2.18. The Morgan fingerprint density at radius 3 is 2.35 bits per heavy atom. The van der Waals surface area contributed by atoms with Gasteiger partial charge < -0.3 is 5.32 Å². The zero-order chi connectivity index (χ0) is 17.3. The number of hydrogen-bond donors (Lipinski definition) is 1. The van der Waals surface area contributed by atoms with Gasteiger partial charge in [0.1, 0.15) is 11.2 Å². The number of rotatable bonds is 3. The van der Waals surface area contributed by atoms with E-state index in [2.05, 4.69) is 9.97 Å². The van der Waals surface area contributed by atoms with Gasteiger partial charge in [-0.3, -0.25) is 14.8 Å². The lowest BCUT2D eigenvalue weighted by Gasteiger charge is -2.28. The van der Waals surface area contributed by atoms with Crippen LogP contribution in [0.4, 0.5) is 13.2 Å². The van der Waals surface area contributed by atoms with Gasteiger partial charge in [-0.2, -0.15) is 13.2 Å². The first kappa shape index (κ1) is 17.2. The summed E-state index contributed by atoms with van der Waals surface area (Å²) in [5.41, 5.74) is -1.12. The van der Waals surface area contributed by atoms with Crippen LogP contribution in [0.25, 0.3) is 11.1 Å². The van der Waals surface area contributed by atoms with Crippen LogP contribution in [0.2, 0.25) is 5.02 Å². The molecule has 2 aromatic rings. The summed E-state index contributed by atoms with van der Waals surface area (Å²) in [5, 5.41) is 2.36. The third-order valence-electron chi connectivity index (χ3n) is 3.17. The Hall–Kier alpha value is -2.15. The molecule has 0 saturated heterocycles. The van der Waals surface area contributed by atoms with Crippen molar-refractivity contribution in [3.63, 3.8) is 0 Å². The molecule has 2 rings (SSSR count). The fourth-order valence-corrected chi connectivity index (χ4v) is 1.86. The Kier molecular flexibility index (Phi) is 4.61. The second kappa shape index (κ2) is 6.16. The molecule has 0 aromatic carbocycles. The highest BCUT2D eigenvalue weighted by Crippen LogP contribution is 2.29. The van der Waals surface area contributed by atoms with Crippen molar-refractivity contribution in [1.82, 2.24) is 15.3 Å². The number of aromatic nitrogens is 2. The predicted octanol–water partition coefficient (Wildman–Crippen LogP) is 3.87. The topological polar surface area (TPSA) is 54.9 Å². The van der Waals surface area contributed by atoms with Gasteiger partial charge in [-0.25, -0.2) is 0 Å². The summed E-state index contributed by atoms with van der Waals surface area (Å²) in [4.78, 5) is 19.7. The van der Waals surface area contributed by atoms with Gasteiger partial charge >= 0.3 is 6.18 Å². The average molecular weight is 344 g/mol. The molecule has 8 heteroatoms. The molecule has 1 N–H and O–H groups in total. The van der Waals surface area contributed by atoms with Gasteiger partial charge in [-0.15, -0.1) is 0 Å². The van der Waals surface area contributed by atoms with E-state index in [1.54, 1.807) is 18.3 Å². The molecule has 1 amide bonds. The van der Waals surface area contributed by atoms with Crippen molar-refractivity contribution >= 4 is 17.5 Å². The molecule has 0 aliphatic carbocycles. The third-order valence-corrected chi connectivity index (χ3v) is 3.38. The van der Waals surface area contributed by atoms with Gasteiger partial charge in [0, 0.05) is 29.7 Å². The van der Waals surface area contributed by atoms with E-state index in [1.807, 2.05) is 5.32 Å². The van der Waals surface area contributed by atoms with Crippen molar-refractivity contribution in [2.75, 3.05) is 0 Å². The molecule has 2 heterocycles. The normalized spacial score (nSPS) is 12.1. The maximum Gasteiger partial charge on any atom is 0.410 e. The molecule has 0 atom stereocenters. The summed E-state index contributed by atoms with van der Waals surface area (Å²) in [7, 11) is 0. The van der Waals surface area contributed by atoms with Crippen LogP contribution in [-0.2, 0) is 0 Å². The second-order valence-corrected chi connectivity index (χ2v) is 5.84. The minimum Gasteiger partial charge on any atom is -0.337 e. The molecule has 4 nitrogen and oxygen atoms in total. The van der Waals surface area contributed by atoms with E-state index >= 15 is 0 Å². The number of nitrogens with zero attached hydrogens (tertiary/aromatic N) is 2. The minimum atomic E-state index is -4.56. The molecule has 2 aromatic heterocycles. The monoisotopic (exact) mass is 343 g/mol. The van der Waals surface area contributed by atoms with Crippen LogP contribution in [0.5, 0.6) is 0 Å². The SMILES string of the molecule is CC(C)(NC(=O)c1ccc(-c2cncc(Cl)c2)cn1)C(F)(F)F. The van der Waals surface area contributed by atoms with E-state index < -0.39 is 17.6 Å². The van der Waals surface area contributed by atoms with E-state index in [0.717, 1.165) is 13.8 Å². The van der Waals surface area contributed by atoms with Crippen molar-refractivity contribution in [3.8, 4) is 11.1 Å². The number of hydrogen-bond acceptors (Lipinski definition) is 3. The fourth-order valence-electron chi connectivity index (χ4n) is 1.69. The van der Waals surface area contributed by atoms with E-state index in [1.165, 1.54) is 18.5 Å². The summed E-state index contributed by atoms with van der Waals surface area (Å²) in [6.45, 7) is 1.77. The van der Waals surface area contributed by atoms with Crippen molar-refractivity contribution in [3.05, 3.63) is 47.5 Å². The van der Waals surface area contributed by atoms with Crippen LogP contribution in [0.15, 0.2) is 36.8 Å². The summed E-state index contributed by atoms with van der Waals surface area (Å²) < 4.78 is 38.3. The molecule has 23 heavy (non-hydrogen) atoms. The molecule has 0 unspecified atom stereocenters. The summed E-state index contributed by atoms with van der Waals surface area (Å²) in [5.74, 6) is -0.900. The van der Waals surface area contributed by atoms with E-state index in [9.17, 15) is 18.0 Å². The molecule has 0 bridgehead atoms. The lowest BCUT2D eigenvalue weighted by atomic mass is 10.0. The largest absolute Gasteiger partial charge is 0.410 e. The highest BCUT2D eigenvalue weighted by atomic mass is 35.5. The van der Waals surface area contributed by atoms with Crippen LogP contribution in [0.3, 0.4) is 0 Å². The Bertz CT molecular complexity index is 715. The molecule has 122 valence electrons. The lowest BCUT2D eigenvalue weighted by Crippen LogP contribution is -2.54. The molecule has 0 radical (unpaired) electrons. The van der Waals surface area contributed by atoms with Gasteiger partial charge in [-0.05, 0) is 26.0 Å². The highest BCUT2D eigenvalue weighted by molar-refractivity contribution is 6.30. The van der Waals surface area contributed by atoms with E-state index in [0.29, 0.717) is 16.1 Å². The number of amides is 1. The summed E-state index contributed by atoms with van der Waals surface area (Å²) in [6.07, 6.45) is -0.146. The van der Waals surface area contributed by atoms with Gasteiger partial charge in [0.25, 0.3) is 5.91 Å². The van der Waals surface area contributed by atoms with Crippen LogP contribution in [0, 0.1) is 0 Å².